The Balaban J connectivity index is 2.71. The molecule has 0 amide bonds. The van der Waals surface area contributed by atoms with E-state index in [1.54, 1.807) is 13.8 Å². The second-order valence-electron chi connectivity index (χ2n) is 3.09. The molecule has 0 bridgehead atoms. The highest BCUT2D eigenvalue weighted by atomic mass is 32.2. The predicted molar refractivity (Wildman–Crippen MR) is 39.7 cm³/mol. The smallest absolute Gasteiger partial charge is 0.185 e. The van der Waals surface area contributed by atoms with Crippen molar-refractivity contribution in [2.24, 2.45) is 0 Å². The molecule has 0 radical (unpaired) electrons. The molecular weight excluding hydrogens is 168 g/mol. The van der Waals surface area contributed by atoms with Crippen molar-refractivity contribution in [3.63, 3.8) is 0 Å². The van der Waals surface area contributed by atoms with Crippen LogP contribution in [-0.4, -0.2) is 32.5 Å². The Morgan fingerprint density at radius 2 is 2.00 bits per heavy atom. The SMILES string of the molecule is CC1(C)OC[C@@H](S(C)(=O)=O)O1. The quantitative estimate of drug-likeness (QED) is 0.576. The molecule has 0 unspecified atom stereocenters. The van der Waals surface area contributed by atoms with Crippen LogP contribution in [0.3, 0.4) is 0 Å². The fourth-order valence-corrected chi connectivity index (χ4v) is 1.59. The van der Waals surface area contributed by atoms with Gasteiger partial charge < -0.3 is 9.47 Å². The maximum atomic E-state index is 10.9. The first kappa shape index (κ1) is 8.96. The molecule has 66 valence electrons. The van der Waals surface area contributed by atoms with Gasteiger partial charge in [0.2, 0.25) is 0 Å². The molecular formula is C6H12O4S. The Morgan fingerprint density at radius 3 is 2.18 bits per heavy atom. The molecule has 0 spiro atoms. The number of hydrogen-bond acceptors (Lipinski definition) is 4. The van der Waals surface area contributed by atoms with Crippen LogP contribution in [0.4, 0.5) is 0 Å². The van der Waals surface area contributed by atoms with Crippen LogP contribution >= 0.6 is 0 Å². The molecule has 11 heavy (non-hydrogen) atoms. The van der Waals surface area contributed by atoms with Gasteiger partial charge in [0.25, 0.3) is 0 Å². The van der Waals surface area contributed by atoms with E-state index in [1.807, 2.05) is 0 Å². The number of sulfone groups is 1. The Hall–Kier alpha value is -0.130. The first-order valence-corrected chi connectivity index (χ1v) is 5.27. The molecule has 0 aromatic carbocycles. The fraction of sp³-hybridized carbons (Fsp3) is 1.00. The summed E-state index contributed by atoms with van der Waals surface area (Å²) in [5.41, 5.74) is -0.794. The third-order valence-electron chi connectivity index (χ3n) is 1.46. The first-order chi connectivity index (χ1) is 4.81. The zero-order chi connectivity index (χ0) is 8.70. The van der Waals surface area contributed by atoms with E-state index in [-0.39, 0.29) is 6.61 Å². The molecule has 0 N–H and O–H groups in total. The summed E-state index contributed by atoms with van der Waals surface area (Å²) in [6.45, 7) is 3.52. The Morgan fingerprint density at radius 1 is 1.45 bits per heavy atom. The molecule has 1 aliphatic heterocycles. The van der Waals surface area contributed by atoms with Crippen molar-refractivity contribution in [3.8, 4) is 0 Å². The Labute approximate surface area is 66.4 Å². The summed E-state index contributed by atoms with van der Waals surface area (Å²) in [5, 5.41) is 0. The molecule has 0 aliphatic carbocycles. The standard InChI is InChI=1S/C6H12O4S/c1-6(2)9-4-5(10-6)11(3,7)8/h5H,4H2,1-3H3/t5-/m1/s1. The van der Waals surface area contributed by atoms with Crippen molar-refractivity contribution in [3.05, 3.63) is 0 Å². The number of ether oxygens (including phenoxy) is 2. The summed E-state index contributed by atoms with van der Waals surface area (Å²) in [5.74, 6) is -0.756. The van der Waals surface area contributed by atoms with Gasteiger partial charge >= 0.3 is 0 Å². The molecule has 0 aromatic heterocycles. The van der Waals surface area contributed by atoms with E-state index in [4.69, 9.17) is 9.47 Å². The number of rotatable bonds is 1. The highest BCUT2D eigenvalue weighted by molar-refractivity contribution is 7.91. The predicted octanol–water partition coefficient (Wildman–Crippen LogP) is 0.140. The van der Waals surface area contributed by atoms with E-state index in [1.165, 1.54) is 0 Å². The highest BCUT2D eigenvalue weighted by Gasteiger charge is 2.38. The van der Waals surface area contributed by atoms with Gasteiger partial charge in [0.15, 0.2) is 21.1 Å². The van der Waals surface area contributed by atoms with E-state index >= 15 is 0 Å². The minimum absolute atomic E-state index is 0.131. The van der Waals surface area contributed by atoms with E-state index < -0.39 is 21.1 Å². The molecule has 4 nitrogen and oxygen atoms in total. The van der Waals surface area contributed by atoms with E-state index in [0.29, 0.717) is 0 Å². The first-order valence-electron chi connectivity index (χ1n) is 3.32. The lowest BCUT2D eigenvalue weighted by molar-refractivity contribution is -0.129. The van der Waals surface area contributed by atoms with Gasteiger partial charge in [0, 0.05) is 6.26 Å². The van der Waals surface area contributed by atoms with Crippen LogP contribution in [0.25, 0.3) is 0 Å². The van der Waals surface area contributed by atoms with Crippen LogP contribution in [0.5, 0.6) is 0 Å². The van der Waals surface area contributed by atoms with E-state index in [2.05, 4.69) is 0 Å². The lowest BCUT2D eigenvalue weighted by Crippen LogP contribution is -2.26. The van der Waals surface area contributed by atoms with Crippen molar-refractivity contribution < 1.29 is 17.9 Å². The minimum Gasteiger partial charge on any atom is -0.347 e. The molecule has 1 saturated heterocycles. The van der Waals surface area contributed by atoms with Gasteiger partial charge in [-0.3, -0.25) is 0 Å². The number of hydrogen-bond donors (Lipinski definition) is 0. The zero-order valence-electron chi connectivity index (χ0n) is 6.83. The Kier molecular flexibility index (Phi) is 1.98. The van der Waals surface area contributed by atoms with Crippen LogP contribution in [0.15, 0.2) is 0 Å². The molecule has 0 aromatic rings. The fourth-order valence-electron chi connectivity index (χ4n) is 0.864. The maximum Gasteiger partial charge on any atom is 0.185 e. The lowest BCUT2D eigenvalue weighted by Gasteiger charge is -2.15. The van der Waals surface area contributed by atoms with Crippen molar-refractivity contribution in [2.45, 2.75) is 25.1 Å². The minimum atomic E-state index is -3.12. The van der Waals surface area contributed by atoms with Gasteiger partial charge in [-0.1, -0.05) is 0 Å². The molecule has 1 rings (SSSR count). The van der Waals surface area contributed by atoms with Crippen LogP contribution in [0, 0.1) is 0 Å². The van der Waals surface area contributed by atoms with E-state index in [9.17, 15) is 8.42 Å². The second kappa shape index (κ2) is 2.43. The van der Waals surface area contributed by atoms with Crippen molar-refractivity contribution in [1.29, 1.82) is 0 Å². The third kappa shape index (κ3) is 2.15. The van der Waals surface area contributed by atoms with Crippen LogP contribution < -0.4 is 0 Å². The highest BCUT2D eigenvalue weighted by Crippen LogP contribution is 2.24. The third-order valence-corrected chi connectivity index (χ3v) is 2.65. The summed E-state index contributed by atoms with van der Waals surface area (Å²) in [6, 6.07) is 0. The second-order valence-corrected chi connectivity index (χ2v) is 5.27. The molecule has 1 atom stereocenters. The summed E-state index contributed by atoms with van der Waals surface area (Å²) in [7, 11) is -3.12. The van der Waals surface area contributed by atoms with Crippen LogP contribution in [0.1, 0.15) is 13.8 Å². The lowest BCUT2D eigenvalue weighted by atomic mass is 10.4. The van der Waals surface area contributed by atoms with Crippen LogP contribution in [-0.2, 0) is 19.3 Å². The average Bonchev–Trinajstić information content (AvgIpc) is 2.07. The average molecular weight is 180 g/mol. The van der Waals surface area contributed by atoms with Crippen molar-refractivity contribution >= 4 is 9.84 Å². The van der Waals surface area contributed by atoms with Gasteiger partial charge in [-0.15, -0.1) is 0 Å². The van der Waals surface area contributed by atoms with Gasteiger partial charge in [-0.2, -0.15) is 0 Å². The Bertz CT molecular complexity index is 241. The molecule has 1 heterocycles. The largest absolute Gasteiger partial charge is 0.347 e. The summed E-state index contributed by atoms with van der Waals surface area (Å²) >= 11 is 0. The summed E-state index contributed by atoms with van der Waals surface area (Å²) in [6.07, 6.45) is 1.14. The van der Waals surface area contributed by atoms with Gasteiger partial charge in [-0.05, 0) is 13.8 Å². The molecule has 1 fully saturated rings. The monoisotopic (exact) mass is 180 g/mol. The van der Waals surface area contributed by atoms with Crippen molar-refractivity contribution in [1.82, 2.24) is 0 Å². The van der Waals surface area contributed by atoms with Crippen LogP contribution in [0.2, 0.25) is 0 Å². The maximum absolute atomic E-state index is 10.9. The van der Waals surface area contributed by atoms with Gasteiger partial charge in [0.1, 0.15) is 0 Å². The molecule has 5 heteroatoms. The van der Waals surface area contributed by atoms with E-state index in [0.717, 1.165) is 6.26 Å². The summed E-state index contributed by atoms with van der Waals surface area (Å²) in [4.78, 5) is 0. The topological polar surface area (TPSA) is 52.6 Å². The van der Waals surface area contributed by atoms with Gasteiger partial charge in [-0.25, -0.2) is 8.42 Å². The summed E-state index contributed by atoms with van der Waals surface area (Å²) < 4.78 is 32.0. The van der Waals surface area contributed by atoms with Gasteiger partial charge in [0.05, 0.1) is 6.61 Å². The normalized spacial score (nSPS) is 30.6. The zero-order valence-corrected chi connectivity index (χ0v) is 7.64. The van der Waals surface area contributed by atoms with Crippen molar-refractivity contribution in [2.75, 3.05) is 12.9 Å². The molecule has 1 aliphatic rings. The molecule has 0 saturated carbocycles.